The third-order valence-electron chi connectivity index (χ3n) is 1.83. The lowest BCUT2D eigenvalue weighted by Gasteiger charge is -2.18. The van der Waals surface area contributed by atoms with Crippen LogP contribution in [0.2, 0.25) is 0 Å². The molecule has 0 heterocycles. The summed E-state index contributed by atoms with van der Waals surface area (Å²) in [6.07, 6.45) is -0.399. The summed E-state index contributed by atoms with van der Waals surface area (Å²) in [5.74, 6) is 0.0886. The van der Waals surface area contributed by atoms with Gasteiger partial charge in [-0.05, 0) is 20.8 Å². The molecule has 0 spiro atoms. The molecule has 0 rings (SSSR count). The number of nitrogens with one attached hydrogen (secondary N) is 1. The number of hydrogen-bond donors (Lipinski definition) is 2. The molecular weight excluding hydrogens is 168 g/mol. The minimum atomic E-state index is -0.399. The van der Waals surface area contributed by atoms with Crippen LogP contribution in [-0.2, 0) is 4.79 Å². The molecule has 0 aromatic rings. The van der Waals surface area contributed by atoms with Gasteiger partial charge in [-0.3, -0.25) is 4.79 Å². The van der Waals surface area contributed by atoms with Gasteiger partial charge in [-0.2, -0.15) is 0 Å². The summed E-state index contributed by atoms with van der Waals surface area (Å²) >= 11 is 0. The van der Waals surface area contributed by atoms with Gasteiger partial charge < -0.3 is 15.3 Å². The number of aliphatic hydroxyl groups excluding tert-OH is 1. The fourth-order valence-electron chi connectivity index (χ4n) is 1.08. The maximum Gasteiger partial charge on any atom is 0.236 e. The van der Waals surface area contributed by atoms with Crippen LogP contribution in [-0.4, -0.2) is 48.2 Å². The highest BCUT2D eigenvalue weighted by Gasteiger charge is 2.08. The zero-order valence-corrected chi connectivity index (χ0v) is 8.71. The van der Waals surface area contributed by atoms with E-state index >= 15 is 0 Å². The molecule has 0 radical (unpaired) electrons. The van der Waals surface area contributed by atoms with Gasteiger partial charge in [0.15, 0.2) is 0 Å². The Kier molecular flexibility index (Phi) is 6.54. The SMILES string of the molecule is CCN(CC)C(=O)CNC[C@@H](C)O. The number of nitrogens with zero attached hydrogens (tertiary/aromatic N) is 1. The molecule has 1 atom stereocenters. The van der Waals surface area contributed by atoms with Crippen molar-refractivity contribution in [3.63, 3.8) is 0 Å². The molecule has 13 heavy (non-hydrogen) atoms. The molecule has 4 nitrogen and oxygen atoms in total. The van der Waals surface area contributed by atoms with E-state index < -0.39 is 6.10 Å². The fraction of sp³-hybridized carbons (Fsp3) is 0.889. The predicted molar refractivity (Wildman–Crippen MR) is 52.5 cm³/mol. The maximum atomic E-state index is 11.4. The molecule has 0 unspecified atom stereocenters. The molecule has 0 aliphatic rings. The molecule has 0 aliphatic heterocycles. The molecule has 0 aromatic carbocycles. The van der Waals surface area contributed by atoms with Gasteiger partial charge in [0.1, 0.15) is 0 Å². The summed E-state index contributed by atoms with van der Waals surface area (Å²) in [6.45, 7) is 7.86. The fourth-order valence-corrected chi connectivity index (χ4v) is 1.08. The topological polar surface area (TPSA) is 52.6 Å². The monoisotopic (exact) mass is 188 g/mol. The van der Waals surface area contributed by atoms with Crippen LogP contribution in [0.5, 0.6) is 0 Å². The first-order valence-electron chi connectivity index (χ1n) is 4.78. The highest BCUT2D eigenvalue weighted by atomic mass is 16.3. The second-order valence-electron chi connectivity index (χ2n) is 3.05. The number of amides is 1. The predicted octanol–water partition coefficient (Wildman–Crippen LogP) is -0.175. The molecule has 78 valence electrons. The quantitative estimate of drug-likeness (QED) is 0.608. The minimum absolute atomic E-state index is 0.0886. The van der Waals surface area contributed by atoms with E-state index in [1.165, 1.54) is 0 Å². The number of carbonyl (C=O) groups excluding carboxylic acids is 1. The molecule has 1 amide bonds. The van der Waals surface area contributed by atoms with Crippen LogP contribution >= 0.6 is 0 Å². The minimum Gasteiger partial charge on any atom is -0.392 e. The molecule has 0 bridgehead atoms. The Morgan fingerprint density at radius 2 is 2.00 bits per heavy atom. The van der Waals surface area contributed by atoms with Gasteiger partial charge in [-0.1, -0.05) is 0 Å². The molecular formula is C9H20N2O2. The number of rotatable bonds is 6. The zero-order chi connectivity index (χ0) is 10.3. The highest BCUT2D eigenvalue weighted by molar-refractivity contribution is 5.78. The number of aliphatic hydroxyl groups is 1. The normalized spacial score (nSPS) is 12.6. The van der Waals surface area contributed by atoms with E-state index in [9.17, 15) is 4.79 Å². The molecule has 4 heteroatoms. The van der Waals surface area contributed by atoms with Crippen LogP contribution in [0, 0.1) is 0 Å². The van der Waals surface area contributed by atoms with Crippen molar-refractivity contribution in [3.8, 4) is 0 Å². The first-order valence-corrected chi connectivity index (χ1v) is 4.78. The summed E-state index contributed by atoms with van der Waals surface area (Å²) in [7, 11) is 0. The first-order chi connectivity index (χ1) is 6.11. The van der Waals surface area contributed by atoms with Crippen LogP contribution in [0.15, 0.2) is 0 Å². The summed E-state index contributed by atoms with van der Waals surface area (Å²) in [6, 6.07) is 0. The van der Waals surface area contributed by atoms with E-state index in [0.717, 1.165) is 13.1 Å². The van der Waals surface area contributed by atoms with Crippen molar-refractivity contribution in [1.82, 2.24) is 10.2 Å². The smallest absolute Gasteiger partial charge is 0.236 e. The first kappa shape index (κ1) is 12.4. The van der Waals surface area contributed by atoms with Crippen LogP contribution in [0.25, 0.3) is 0 Å². The Morgan fingerprint density at radius 1 is 1.46 bits per heavy atom. The molecule has 0 fully saturated rings. The van der Waals surface area contributed by atoms with Crippen LogP contribution in [0.1, 0.15) is 20.8 Å². The third kappa shape index (κ3) is 5.60. The average molecular weight is 188 g/mol. The number of likely N-dealkylation sites (N-methyl/N-ethyl adjacent to an activating group) is 1. The van der Waals surface area contributed by atoms with Crippen molar-refractivity contribution >= 4 is 5.91 Å². The Hall–Kier alpha value is -0.610. The maximum absolute atomic E-state index is 11.4. The van der Waals surface area contributed by atoms with Gasteiger partial charge in [0.05, 0.1) is 12.6 Å². The van der Waals surface area contributed by atoms with Gasteiger partial charge in [-0.15, -0.1) is 0 Å². The highest BCUT2D eigenvalue weighted by Crippen LogP contribution is 1.87. The van der Waals surface area contributed by atoms with E-state index in [1.807, 2.05) is 13.8 Å². The largest absolute Gasteiger partial charge is 0.392 e. The number of carbonyl (C=O) groups is 1. The lowest BCUT2D eigenvalue weighted by Crippen LogP contribution is -2.39. The second-order valence-corrected chi connectivity index (χ2v) is 3.05. The summed E-state index contributed by atoms with van der Waals surface area (Å²) in [4.78, 5) is 13.1. The summed E-state index contributed by atoms with van der Waals surface area (Å²) in [5.41, 5.74) is 0. The second kappa shape index (κ2) is 6.86. The van der Waals surface area contributed by atoms with Gasteiger partial charge in [-0.25, -0.2) is 0 Å². The summed E-state index contributed by atoms with van der Waals surface area (Å²) < 4.78 is 0. The van der Waals surface area contributed by atoms with Crippen molar-refractivity contribution in [2.75, 3.05) is 26.2 Å². The van der Waals surface area contributed by atoms with Gasteiger partial charge >= 0.3 is 0 Å². The molecule has 0 aromatic heterocycles. The van der Waals surface area contributed by atoms with E-state index in [4.69, 9.17) is 5.11 Å². The van der Waals surface area contributed by atoms with Crippen molar-refractivity contribution in [3.05, 3.63) is 0 Å². The molecule has 0 aliphatic carbocycles. The van der Waals surface area contributed by atoms with Crippen molar-refractivity contribution in [1.29, 1.82) is 0 Å². The third-order valence-corrected chi connectivity index (χ3v) is 1.83. The zero-order valence-electron chi connectivity index (χ0n) is 8.71. The Labute approximate surface area is 79.9 Å². The lowest BCUT2D eigenvalue weighted by molar-refractivity contribution is -0.129. The summed E-state index contributed by atoms with van der Waals surface area (Å²) in [5, 5.41) is 11.8. The number of hydrogen-bond acceptors (Lipinski definition) is 3. The Balaban J connectivity index is 3.60. The van der Waals surface area contributed by atoms with Gasteiger partial charge in [0, 0.05) is 19.6 Å². The van der Waals surface area contributed by atoms with E-state index in [1.54, 1.807) is 11.8 Å². The van der Waals surface area contributed by atoms with Crippen LogP contribution in [0.4, 0.5) is 0 Å². The molecule has 0 saturated carbocycles. The Bertz CT molecular complexity index is 145. The lowest BCUT2D eigenvalue weighted by atomic mass is 10.4. The van der Waals surface area contributed by atoms with Crippen LogP contribution < -0.4 is 5.32 Å². The average Bonchev–Trinajstić information content (AvgIpc) is 2.05. The standard InChI is InChI=1S/C9H20N2O2/c1-4-11(5-2)9(13)7-10-6-8(3)12/h8,10,12H,4-7H2,1-3H3/t8-/m1/s1. The van der Waals surface area contributed by atoms with Crippen molar-refractivity contribution < 1.29 is 9.90 Å². The van der Waals surface area contributed by atoms with Crippen LogP contribution in [0.3, 0.4) is 0 Å². The van der Waals surface area contributed by atoms with Gasteiger partial charge in [0.25, 0.3) is 0 Å². The van der Waals surface area contributed by atoms with E-state index in [2.05, 4.69) is 5.32 Å². The van der Waals surface area contributed by atoms with E-state index in [-0.39, 0.29) is 5.91 Å². The van der Waals surface area contributed by atoms with Gasteiger partial charge in [0.2, 0.25) is 5.91 Å². The van der Waals surface area contributed by atoms with E-state index in [0.29, 0.717) is 13.1 Å². The molecule has 2 N–H and O–H groups in total. The molecule has 0 saturated heterocycles. The van der Waals surface area contributed by atoms with Crippen molar-refractivity contribution in [2.24, 2.45) is 0 Å². The van der Waals surface area contributed by atoms with Crippen molar-refractivity contribution in [2.45, 2.75) is 26.9 Å². The Morgan fingerprint density at radius 3 is 2.38 bits per heavy atom.